The highest BCUT2D eigenvalue weighted by Gasteiger charge is 2.24. The molecule has 0 fully saturated rings. The lowest BCUT2D eigenvalue weighted by Gasteiger charge is -2.20. The van der Waals surface area contributed by atoms with Crippen LogP contribution in [0.1, 0.15) is 44.5 Å². The average molecular weight is 711 g/mol. The van der Waals surface area contributed by atoms with Gasteiger partial charge in [-0.1, -0.05) is 36.4 Å². The van der Waals surface area contributed by atoms with Gasteiger partial charge < -0.3 is 4.57 Å². The van der Waals surface area contributed by atoms with Crippen molar-refractivity contribution in [2.75, 3.05) is 0 Å². The topological polar surface area (TPSA) is 4.93 Å². The second-order valence-electron chi connectivity index (χ2n) is 12.1. The van der Waals surface area contributed by atoms with Gasteiger partial charge in [0.2, 0.25) is 0 Å². The Balaban J connectivity index is 1.71. The van der Waals surface area contributed by atoms with Gasteiger partial charge in [-0.15, -0.1) is 45.3 Å². The first-order chi connectivity index (χ1) is 21.1. The van der Waals surface area contributed by atoms with Crippen LogP contribution in [0.5, 0.6) is 0 Å². The largest absolute Gasteiger partial charge is 0.306 e. The first-order valence-corrected chi connectivity index (χ1v) is 19.0. The molecular weight excluding hydrogens is 679 g/mol. The summed E-state index contributed by atoms with van der Waals surface area (Å²) in [5.74, 6) is 0. The van der Waals surface area contributed by atoms with Crippen molar-refractivity contribution >= 4 is 121 Å². The highest BCUT2D eigenvalue weighted by Crippen LogP contribution is 2.53. The molecule has 220 valence electrons. The molecule has 0 atom stereocenters. The molecule has 1 nitrogen and oxygen atoms in total. The van der Waals surface area contributed by atoms with Gasteiger partial charge in [-0.2, -0.15) is 0 Å². The molecule has 0 spiro atoms. The maximum Gasteiger partial charge on any atom is 0.0837 e. The van der Waals surface area contributed by atoms with E-state index in [-0.39, 0.29) is 0 Å². The highest BCUT2D eigenvalue weighted by molar-refractivity contribution is 9.11. The predicted molar refractivity (Wildman–Crippen MR) is 206 cm³/mol. The van der Waals surface area contributed by atoms with Crippen molar-refractivity contribution < 1.29 is 0 Å². The van der Waals surface area contributed by atoms with Crippen molar-refractivity contribution in [3.8, 4) is 5.69 Å². The SMILES string of the molecule is Cc1c(C)c(C)c2sc3c(-n4c5ccccc5c5ccccc54)c4sc5c(C)c(C)c(C)c(C)c5sc4c(Br)c3sc2c1C. The molecule has 5 aromatic carbocycles. The van der Waals surface area contributed by atoms with Crippen molar-refractivity contribution in [3.05, 3.63) is 97.5 Å². The summed E-state index contributed by atoms with van der Waals surface area (Å²) in [7, 11) is 0. The Morgan fingerprint density at radius 2 is 0.727 bits per heavy atom. The Hall–Kier alpha value is -2.74. The normalized spacial score (nSPS) is 12.2. The number of fused-ring (bicyclic) bond motifs is 7. The number of aromatic nitrogens is 1. The highest BCUT2D eigenvalue weighted by atomic mass is 79.9. The first-order valence-electron chi connectivity index (χ1n) is 14.9. The minimum atomic E-state index is 1.23. The molecule has 0 unspecified atom stereocenters. The molecule has 0 saturated carbocycles. The number of halogens is 1. The third-order valence-corrected chi connectivity index (χ3v) is 17.1. The van der Waals surface area contributed by atoms with Crippen molar-refractivity contribution in [1.29, 1.82) is 0 Å². The van der Waals surface area contributed by atoms with Gasteiger partial charge in [-0.25, -0.2) is 0 Å². The summed E-state index contributed by atoms with van der Waals surface area (Å²) in [6, 6.07) is 17.9. The number of para-hydroxylation sites is 2. The summed E-state index contributed by atoms with van der Waals surface area (Å²) >= 11 is 12.1. The summed E-state index contributed by atoms with van der Waals surface area (Å²) in [5, 5.41) is 2.60. The van der Waals surface area contributed by atoms with Gasteiger partial charge in [-0.3, -0.25) is 0 Å². The standard InChI is InChI=1S/C38H32BrNS4/c1-17-19(3)23(7)33-31(21(17)5)41-35-29(39)36-38(44-34-24(8)20(4)18(2)22(6)32(34)42-36)30(37(35)43-33)40-27-15-11-9-13-25(27)26-14-10-12-16-28(26)40/h9-16H,1-8H3. The number of rotatable bonds is 1. The van der Waals surface area contributed by atoms with Crippen LogP contribution >= 0.6 is 61.3 Å². The van der Waals surface area contributed by atoms with Crippen LogP contribution in [-0.2, 0) is 0 Å². The molecule has 6 heteroatoms. The first kappa shape index (κ1) is 28.7. The van der Waals surface area contributed by atoms with Gasteiger partial charge in [0, 0.05) is 29.6 Å². The third kappa shape index (κ3) is 3.78. The maximum atomic E-state index is 4.23. The van der Waals surface area contributed by atoms with E-state index in [0.29, 0.717) is 0 Å². The number of hydrogen-bond donors (Lipinski definition) is 0. The zero-order valence-corrected chi connectivity index (χ0v) is 30.9. The van der Waals surface area contributed by atoms with Crippen molar-refractivity contribution in [3.63, 3.8) is 0 Å². The van der Waals surface area contributed by atoms with Gasteiger partial charge in [-0.05, 0) is 128 Å². The second-order valence-corrected chi connectivity index (χ2v) is 16.9. The van der Waals surface area contributed by atoms with Gasteiger partial charge >= 0.3 is 0 Å². The van der Waals surface area contributed by atoms with Crippen molar-refractivity contribution in [2.24, 2.45) is 0 Å². The van der Waals surface area contributed by atoms with Gasteiger partial charge in [0.25, 0.3) is 0 Å². The van der Waals surface area contributed by atoms with E-state index >= 15 is 0 Å². The summed E-state index contributed by atoms with van der Waals surface area (Å²) in [6.45, 7) is 18.4. The predicted octanol–water partition coefficient (Wildman–Crippen LogP) is 14.0. The molecular formula is C38H32BrNS4. The average Bonchev–Trinajstić information content (AvgIpc) is 3.37. The van der Waals surface area contributed by atoms with Crippen LogP contribution in [0.15, 0.2) is 53.0 Å². The summed E-state index contributed by atoms with van der Waals surface area (Å²) in [4.78, 5) is 0. The number of hydrogen-bond acceptors (Lipinski definition) is 4. The monoisotopic (exact) mass is 709 g/mol. The van der Waals surface area contributed by atoms with Gasteiger partial charge in [0.15, 0.2) is 0 Å². The van der Waals surface area contributed by atoms with E-state index in [0.717, 1.165) is 0 Å². The van der Waals surface area contributed by atoms with E-state index < -0.39 is 0 Å². The summed E-state index contributed by atoms with van der Waals surface area (Å²) in [5.41, 5.74) is 15.1. The molecule has 0 saturated heterocycles. The van der Waals surface area contributed by atoms with E-state index in [1.165, 1.54) is 114 Å². The van der Waals surface area contributed by atoms with Crippen LogP contribution in [0, 0.1) is 55.4 Å². The molecule has 8 aromatic rings. The minimum absolute atomic E-state index is 1.23. The molecule has 0 amide bonds. The molecule has 8 rings (SSSR count). The zero-order valence-electron chi connectivity index (χ0n) is 26.1. The summed E-state index contributed by atoms with van der Waals surface area (Å²) in [6.07, 6.45) is 0. The zero-order chi connectivity index (χ0) is 30.8. The van der Waals surface area contributed by atoms with Crippen LogP contribution < -0.4 is 0 Å². The van der Waals surface area contributed by atoms with Crippen LogP contribution in [0.2, 0.25) is 0 Å². The fourth-order valence-electron chi connectivity index (χ4n) is 6.75. The second kappa shape index (κ2) is 10.1. The van der Waals surface area contributed by atoms with E-state index in [1.807, 2.05) is 45.3 Å². The van der Waals surface area contributed by atoms with E-state index in [2.05, 4.69) is 124 Å². The molecule has 0 radical (unpaired) electrons. The van der Waals surface area contributed by atoms with E-state index in [1.54, 1.807) is 0 Å². The molecule has 0 aliphatic heterocycles. The van der Waals surface area contributed by atoms with Crippen LogP contribution in [0.3, 0.4) is 0 Å². The quantitative estimate of drug-likeness (QED) is 0.150. The summed E-state index contributed by atoms with van der Waals surface area (Å²) < 4.78 is 14.8. The van der Waals surface area contributed by atoms with E-state index in [9.17, 15) is 0 Å². The molecule has 0 bridgehead atoms. The Morgan fingerprint density at radius 3 is 1.09 bits per heavy atom. The van der Waals surface area contributed by atoms with Gasteiger partial charge in [0.05, 0.1) is 40.0 Å². The number of nitrogens with zero attached hydrogens (tertiary/aromatic N) is 1. The van der Waals surface area contributed by atoms with Gasteiger partial charge in [0.1, 0.15) is 0 Å². The Bertz CT molecular complexity index is 2420. The molecule has 44 heavy (non-hydrogen) atoms. The number of benzene rings is 5. The molecule has 3 heterocycles. The third-order valence-electron chi connectivity index (χ3n) is 10.0. The fourth-order valence-corrected chi connectivity index (χ4v) is 13.8. The molecule has 3 aromatic heterocycles. The Kier molecular flexibility index (Phi) is 6.61. The van der Waals surface area contributed by atoms with Crippen LogP contribution in [0.25, 0.3) is 65.1 Å². The maximum absolute atomic E-state index is 4.23. The Labute approximate surface area is 281 Å². The van der Waals surface area contributed by atoms with Crippen LogP contribution in [-0.4, -0.2) is 4.57 Å². The van der Waals surface area contributed by atoms with Crippen LogP contribution in [0.4, 0.5) is 0 Å². The van der Waals surface area contributed by atoms with Crippen molar-refractivity contribution in [1.82, 2.24) is 4.57 Å². The fraction of sp³-hybridized carbons (Fsp3) is 0.211. The minimum Gasteiger partial charge on any atom is -0.306 e. The lowest BCUT2D eigenvalue weighted by molar-refractivity contribution is 1.22. The van der Waals surface area contributed by atoms with E-state index in [4.69, 9.17) is 0 Å². The lowest BCUT2D eigenvalue weighted by Crippen LogP contribution is -1.98. The molecule has 0 N–H and O–H groups in total. The molecule has 0 aliphatic rings. The van der Waals surface area contributed by atoms with Crippen molar-refractivity contribution in [2.45, 2.75) is 55.4 Å². The Morgan fingerprint density at radius 1 is 0.409 bits per heavy atom. The number of aryl methyl sites for hydroxylation is 4. The lowest BCUT2D eigenvalue weighted by atomic mass is 10.00. The molecule has 0 aliphatic carbocycles. The smallest absolute Gasteiger partial charge is 0.0837 e.